The number of methoxy groups -OCH3 is 1. The van der Waals surface area contributed by atoms with Crippen molar-refractivity contribution in [2.45, 2.75) is 45.4 Å². The van der Waals surface area contributed by atoms with Gasteiger partial charge in [-0.05, 0) is 18.6 Å². The van der Waals surface area contributed by atoms with Gasteiger partial charge in [0.05, 0.1) is 30.1 Å². The smallest absolute Gasteiger partial charge is 0.223 e. The van der Waals surface area contributed by atoms with Gasteiger partial charge < -0.3 is 9.72 Å². The van der Waals surface area contributed by atoms with Crippen LogP contribution in [0, 0.1) is 0 Å². The van der Waals surface area contributed by atoms with Crippen LogP contribution < -0.4 is 4.74 Å². The van der Waals surface area contributed by atoms with Crippen molar-refractivity contribution in [1.82, 2.24) is 15.0 Å². The molecule has 0 aliphatic rings. The number of pyridine rings is 1. The summed E-state index contributed by atoms with van der Waals surface area (Å²) in [6.45, 7) is 2.24. The van der Waals surface area contributed by atoms with Gasteiger partial charge in [0.2, 0.25) is 5.88 Å². The lowest BCUT2D eigenvalue weighted by Crippen LogP contribution is -1.93. The number of unbranched alkanes of at least 4 members (excludes halogenated alkanes) is 4. The van der Waals surface area contributed by atoms with Crippen LogP contribution in [0.25, 0.3) is 22.2 Å². The maximum Gasteiger partial charge on any atom is 0.223 e. The highest BCUT2D eigenvalue weighted by Crippen LogP contribution is 2.30. The van der Waals surface area contributed by atoms with Gasteiger partial charge in [0.15, 0.2) is 0 Å². The third kappa shape index (κ3) is 3.75. The van der Waals surface area contributed by atoms with Gasteiger partial charge in [-0.1, -0.05) is 50.8 Å². The van der Waals surface area contributed by atoms with Gasteiger partial charge in [0.1, 0.15) is 5.82 Å². The van der Waals surface area contributed by atoms with Gasteiger partial charge in [-0.15, -0.1) is 0 Å². The predicted octanol–water partition coefficient (Wildman–Crippen LogP) is 5.15. The molecule has 3 rings (SSSR count). The van der Waals surface area contributed by atoms with E-state index in [9.17, 15) is 0 Å². The maximum atomic E-state index is 5.48. The van der Waals surface area contributed by atoms with E-state index in [-0.39, 0.29) is 0 Å². The van der Waals surface area contributed by atoms with Crippen LogP contribution in [-0.4, -0.2) is 22.1 Å². The molecular formula is C20H25N3O. The number of ether oxygens (including phenoxy) is 1. The molecule has 0 saturated heterocycles. The number of aromatic amines is 1. The highest BCUT2D eigenvalue weighted by atomic mass is 16.5. The van der Waals surface area contributed by atoms with Crippen molar-refractivity contribution >= 4 is 10.9 Å². The second kappa shape index (κ2) is 7.95. The molecule has 2 aromatic heterocycles. The quantitative estimate of drug-likeness (QED) is 0.583. The van der Waals surface area contributed by atoms with Crippen molar-refractivity contribution in [2.75, 3.05) is 7.11 Å². The normalized spacial score (nSPS) is 11.1. The van der Waals surface area contributed by atoms with Crippen molar-refractivity contribution in [3.8, 4) is 17.1 Å². The van der Waals surface area contributed by atoms with E-state index >= 15 is 0 Å². The number of aromatic nitrogens is 3. The Hall–Kier alpha value is -2.36. The second-order valence-corrected chi connectivity index (χ2v) is 6.15. The summed E-state index contributed by atoms with van der Waals surface area (Å²) in [6.07, 6.45) is 9.24. The molecule has 0 unspecified atom stereocenters. The van der Waals surface area contributed by atoms with Gasteiger partial charge in [0.25, 0.3) is 0 Å². The van der Waals surface area contributed by atoms with Crippen molar-refractivity contribution in [2.24, 2.45) is 0 Å². The highest BCUT2D eigenvalue weighted by molar-refractivity contribution is 5.85. The van der Waals surface area contributed by atoms with Crippen LogP contribution in [0.1, 0.15) is 44.9 Å². The van der Waals surface area contributed by atoms with Crippen molar-refractivity contribution in [3.05, 3.63) is 42.4 Å². The third-order valence-electron chi connectivity index (χ3n) is 4.32. The predicted molar refractivity (Wildman–Crippen MR) is 98.3 cm³/mol. The van der Waals surface area contributed by atoms with E-state index in [2.05, 4.69) is 34.0 Å². The first-order valence-corrected chi connectivity index (χ1v) is 8.80. The minimum absolute atomic E-state index is 0.631. The molecule has 1 N–H and O–H groups in total. The minimum atomic E-state index is 0.631. The molecule has 0 radical (unpaired) electrons. The Kier molecular flexibility index (Phi) is 5.47. The molecule has 2 heterocycles. The molecule has 0 spiro atoms. The largest absolute Gasteiger partial charge is 0.480 e. The maximum absolute atomic E-state index is 5.48. The molecule has 0 aliphatic heterocycles. The average Bonchev–Trinajstić information content (AvgIpc) is 3.09. The minimum Gasteiger partial charge on any atom is -0.480 e. The molecule has 4 nitrogen and oxygen atoms in total. The van der Waals surface area contributed by atoms with E-state index in [0.717, 1.165) is 34.4 Å². The van der Waals surface area contributed by atoms with Gasteiger partial charge in [0, 0.05) is 11.8 Å². The summed E-state index contributed by atoms with van der Waals surface area (Å²) in [5.74, 6) is 1.67. The van der Waals surface area contributed by atoms with Crippen LogP contribution in [0.3, 0.4) is 0 Å². The fraction of sp³-hybridized carbons (Fsp3) is 0.400. The first kappa shape index (κ1) is 16.5. The number of H-pyrrole nitrogens is 1. The first-order chi connectivity index (χ1) is 11.8. The van der Waals surface area contributed by atoms with Crippen LogP contribution >= 0.6 is 0 Å². The van der Waals surface area contributed by atoms with Crippen molar-refractivity contribution < 1.29 is 4.74 Å². The number of benzene rings is 1. The van der Waals surface area contributed by atoms with Crippen LogP contribution in [0.5, 0.6) is 5.88 Å². The molecule has 3 aromatic rings. The topological polar surface area (TPSA) is 50.8 Å². The van der Waals surface area contributed by atoms with E-state index in [1.54, 1.807) is 7.11 Å². The van der Waals surface area contributed by atoms with Crippen molar-refractivity contribution in [3.63, 3.8) is 0 Å². The molecule has 1 aromatic carbocycles. The fourth-order valence-electron chi connectivity index (χ4n) is 2.97. The van der Waals surface area contributed by atoms with Gasteiger partial charge in [-0.25, -0.2) is 9.97 Å². The molecular weight excluding hydrogens is 298 g/mol. The molecule has 24 heavy (non-hydrogen) atoms. The number of imidazole rings is 1. The van der Waals surface area contributed by atoms with E-state index in [4.69, 9.17) is 4.74 Å². The Morgan fingerprint density at radius 1 is 1.08 bits per heavy atom. The summed E-state index contributed by atoms with van der Waals surface area (Å²) in [5.41, 5.74) is 2.86. The Morgan fingerprint density at radius 2 is 1.92 bits per heavy atom. The van der Waals surface area contributed by atoms with Gasteiger partial charge >= 0.3 is 0 Å². The average molecular weight is 323 g/mol. The number of nitrogens with zero attached hydrogens (tertiary/aromatic N) is 2. The number of aryl methyl sites for hydroxylation is 1. The SMILES string of the molecule is CCCCCCCc1ncc(-c2cc3ccccc3nc2OC)[nH]1. The number of para-hydroxylation sites is 1. The Morgan fingerprint density at radius 3 is 2.75 bits per heavy atom. The summed E-state index contributed by atoms with van der Waals surface area (Å²) >= 11 is 0. The van der Waals surface area contributed by atoms with Gasteiger partial charge in [-0.2, -0.15) is 0 Å². The van der Waals surface area contributed by atoms with Gasteiger partial charge in [-0.3, -0.25) is 0 Å². The highest BCUT2D eigenvalue weighted by Gasteiger charge is 2.12. The van der Waals surface area contributed by atoms with Crippen LogP contribution in [0.15, 0.2) is 36.5 Å². The summed E-state index contributed by atoms with van der Waals surface area (Å²) in [5, 5.41) is 1.10. The molecule has 126 valence electrons. The standard InChI is InChI=1S/C20H25N3O/c1-3-4-5-6-7-12-19-21-14-18(22-19)16-13-15-10-8-9-11-17(15)23-20(16)24-2/h8-11,13-14H,3-7,12H2,1-2H3,(H,21,22). The molecule has 0 amide bonds. The number of nitrogens with one attached hydrogen (secondary N) is 1. The van der Waals surface area contributed by atoms with Crippen LogP contribution in [0.4, 0.5) is 0 Å². The lowest BCUT2D eigenvalue weighted by Gasteiger charge is -2.07. The molecule has 4 heteroatoms. The lowest BCUT2D eigenvalue weighted by molar-refractivity contribution is 0.401. The number of hydrogen-bond donors (Lipinski definition) is 1. The zero-order valence-corrected chi connectivity index (χ0v) is 14.5. The van der Waals surface area contributed by atoms with E-state index in [0.29, 0.717) is 5.88 Å². The third-order valence-corrected chi connectivity index (χ3v) is 4.32. The monoisotopic (exact) mass is 323 g/mol. The molecule has 0 fully saturated rings. The van der Waals surface area contributed by atoms with Crippen molar-refractivity contribution in [1.29, 1.82) is 0 Å². The molecule has 0 atom stereocenters. The second-order valence-electron chi connectivity index (χ2n) is 6.15. The summed E-state index contributed by atoms with van der Waals surface area (Å²) in [6, 6.07) is 10.2. The number of fused-ring (bicyclic) bond motifs is 1. The zero-order valence-electron chi connectivity index (χ0n) is 14.5. The first-order valence-electron chi connectivity index (χ1n) is 8.80. The van der Waals surface area contributed by atoms with E-state index in [1.165, 1.54) is 32.1 Å². The number of hydrogen-bond acceptors (Lipinski definition) is 3. The fourth-order valence-corrected chi connectivity index (χ4v) is 2.97. The Bertz CT molecular complexity index is 794. The number of rotatable bonds is 8. The Balaban J connectivity index is 1.78. The molecule has 0 bridgehead atoms. The van der Waals surface area contributed by atoms with E-state index < -0.39 is 0 Å². The zero-order chi connectivity index (χ0) is 16.8. The molecule has 0 saturated carbocycles. The summed E-state index contributed by atoms with van der Waals surface area (Å²) in [7, 11) is 1.66. The summed E-state index contributed by atoms with van der Waals surface area (Å²) < 4.78 is 5.48. The van der Waals surface area contributed by atoms with Crippen LogP contribution in [0.2, 0.25) is 0 Å². The Labute approximate surface area is 143 Å². The lowest BCUT2D eigenvalue weighted by atomic mass is 10.1. The summed E-state index contributed by atoms with van der Waals surface area (Å²) in [4.78, 5) is 12.6. The van der Waals surface area contributed by atoms with Crippen LogP contribution in [-0.2, 0) is 6.42 Å². The molecule has 0 aliphatic carbocycles. The van der Waals surface area contributed by atoms with E-state index in [1.807, 2.05) is 24.4 Å².